The van der Waals surface area contributed by atoms with Gasteiger partial charge in [0.2, 0.25) is 11.9 Å². The molecule has 1 atom stereocenters. The predicted molar refractivity (Wildman–Crippen MR) is 172 cm³/mol. The maximum Gasteiger partial charge on any atom is 0.228 e. The van der Waals surface area contributed by atoms with Crippen LogP contribution in [0.25, 0.3) is 23.0 Å². The first-order valence-corrected chi connectivity index (χ1v) is 15.4. The van der Waals surface area contributed by atoms with E-state index in [1.165, 1.54) is 0 Å². The predicted octanol–water partition coefficient (Wildman–Crippen LogP) is 6.30. The van der Waals surface area contributed by atoms with Crippen LogP contribution in [0, 0.1) is 11.8 Å². The number of anilines is 2. The molecule has 2 aromatic carbocycles. The summed E-state index contributed by atoms with van der Waals surface area (Å²) < 4.78 is 6.42. The van der Waals surface area contributed by atoms with E-state index in [-0.39, 0.29) is 6.23 Å². The molecule has 0 radical (unpaired) electrons. The molecule has 0 bridgehead atoms. The first-order chi connectivity index (χ1) is 20.9. The normalized spacial score (nSPS) is 14.7. The zero-order chi connectivity index (χ0) is 30.0. The van der Waals surface area contributed by atoms with Gasteiger partial charge in [-0.3, -0.25) is 0 Å². The summed E-state index contributed by atoms with van der Waals surface area (Å²) in [5.41, 5.74) is 3.80. The van der Waals surface area contributed by atoms with Crippen LogP contribution in [0.2, 0.25) is 0 Å². The number of rotatable bonds is 15. The molecule has 4 aromatic rings. The minimum Gasteiger partial charge on any atom is -0.468 e. The van der Waals surface area contributed by atoms with E-state index in [1.54, 1.807) is 11.0 Å². The van der Waals surface area contributed by atoms with E-state index in [2.05, 4.69) is 88.0 Å². The van der Waals surface area contributed by atoms with Crippen LogP contribution in [-0.4, -0.2) is 49.3 Å². The molecule has 0 saturated heterocycles. The van der Waals surface area contributed by atoms with Crippen molar-refractivity contribution in [1.82, 2.24) is 35.3 Å². The number of hydrogen-bond donors (Lipinski definition) is 3. The fourth-order valence-electron chi connectivity index (χ4n) is 4.73. The molecule has 10 nitrogen and oxygen atoms in total. The van der Waals surface area contributed by atoms with Crippen molar-refractivity contribution < 1.29 is 4.74 Å². The molecule has 0 fully saturated rings. The van der Waals surface area contributed by atoms with Crippen molar-refractivity contribution in [2.24, 2.45) is 11.8 Å². The second-order valence-corrected chi connectivity index (χ2v) is 11.7. The van der Waals surface area contributed by atoms with Gasteiger partial charge in [-0.05, 0) is 31.1 Å². The molecule has 3 heterocycles. The van der Waals surface area contributed by atoms with Crippen LogP contribution in [0.1, 0.15) is 64.5 Å². The minimum atomic E-state index is -0.136. The molecule has 226 valence electrons. The van der Waals surface area contributed by atoms with E-state index >= 15 is 0 Å². The van der Waals surface area contributed by atoms with Crippen molar-refractivity contribution in [2.75, 3.05) is 23.7 Å². The monoisotopic (exact) mass is 581 g/mol. The molecule has 0 aliphatic carbocycles. The van der Waals surface area contributed by atoms with Crippen LogP contribution in [0.3, 0.4) is 0 Å². The van der Waals surface area contributed by atoms with Gasteiger partial charge in [0.1, 0.15) is 0 Å². The quantitative estimate of drug-likeness (QED) is 0.149. The molecular formula is C33H43N9O. The number of aromatic nitrogens is 6. The van der Waals surface area contributed by atoms with E-state index in [1.807, 2.05) is 36.4 Å². The summed E-state index contributed by atoms with van der Waals surface area (Å²) in [6.07, 6.45) is 5.27. The zero-order valence-corrected chi connectivity index (χ0v) is 25.6. The number of hydrogen-bond acceptors (Lipinski definition) is 9. The Hall–Kier alpha value is -4.47. The highest BCUT2D eigenvalue weighted by molar-refractivity contribution is 5.88. The Morgan fingerprint density at radius 2 is 1.42 bits per heavy atom. The van der Waals surface area contributed by atoms with Crippen LogP contribution in [0.5, 0.6) is 0 Å². The topological polar surface area (TPSA) is 115 Å². The molecule has 1 aliphatic heterocycles. The summed E-state index contributed by atoms with van der Waals surface area (Å²) in [6, 6.07) is 20.6. The summed E-state index contributed by atoms with van der Waals surface area (Å²) >= 11 is 0. The summed E-state index contributed by atoms with van der Waals surface area (Å²) in [5.74, 6) is 3.66. The van der Waals surface area contributed by atoms with E-state index in [0.717, 1.165) is 61.4 Å². The molecular weight excluding hydrogens is 538 g/mol. The summed E-state index contributed by atoms with van der Waals surface area (Å²) in [4.78, 5) is 15.6. The van der Waals surface area contributed by atoms with Gasteiger partial charge in [-0.25, -0.2) is 0 Å². The molecule has 0 amide bonds. The third-order valence-electron chi connectivity index (χ3n) is 7.13. The van der Waals surface area contributed by atoms with Crippen LogP contribution >= 0.6 is 0 Å². The smallest absolute Gasteiger partial charge is 0.228 e. The van der Waals surface area contributed by atoms with E-state index in [9.17, 15) is 0 Å². The average molecular weight is 582 g/mol. The second-order valence-electron chi connectivity index (χ2n) is 11.7. The third kappa shape index (κ3) is 8.53. The Kier molecular flexibility index (Phi) is 10.2. The van der Waals surface area contributed by atoms with Crippen molar-refractivity contribution in [3.8, 4) is 11.5 Å². The zero-order valence-electron chi connectivity index (χ0n) is 25.6. The molecule has 43 heavy (non-hydrogen) atoms. The van der Waals surface area contributed by atoms with Crippen molar-refractivity contribution >= 4 is 23.4 Å². The maximum absolute atomic E-state index is 6.42. The molecule has 0 spiro atoms. The average Bonchev–Trinajstić information content (AvgIpc) is 3.66. The fraction of sp³-hybridized carbons (Fsp3) is 0.424. The molecule has 0 saturated carbocycles. The van der Waals surface area contributed by atoms with Crippen LogP contribution < -0.4 is 16.0 Å². The standard InChI is InChI=1S/C33H43N9O/c1-23(2)17-19-34-32-38-31(39-33(40-32)35-20-18-24(3)4)27-22-36-42(41-27)21-11-16-28-37-29(25-12-7-5-8-13-25)30(43-28)26-14-9-6-10-15-26/h5-10,12-15,22-24,28,37H,11,16-21H2,1-4H3,(H2,34,35,38,39,40). The summed E-state index contributed by atoms with van der Waals surface area (Å²) in [5, 5.41) is 19.5. The Morgan fingerprint density at radius 1 is 0.814 bits per heavy atom. The number of nitrogens with zero attached hydrogens (tertiary/aromatic N) is 6. The fourth-order valence-corrected chi connectivity index (χ4v) is 4.73. The molecule has 1 unspecified atom stereocenters. The lowest BCUT2D eigenvalue weighted by atomic mass is 10.1. The Morgan fingerprint density at radius 3 is 2.02 bits per heavy atom. The van der Waals surface area contributed by atoms with E-state index in [0.29, 0.717) is 41.8 Å². The molecule has 10 heteroatoms. The molecule has 2 aromatic heterocycles. The Balaban J connectivity index is 1.22. The highest BCUT2D eigenvalue weighted by Crippen LogP contribution is 2.33. The number of aryl methyl sites for hydroxylation is 1. The Labute approximate surface area is 254 Å². The van der Waals surface area contributed by atoms with Crippen LogP contribution in [0.15, 0.2) is 66.9 Å². The Bertz CT molecular complexity index is 1380. The van der Waals surface area contributed by atoms with Gasteiger partial charge in [-0.2, -0.15) is 24.8 Å². The lowest BCUT2D eigenvalue weighted by molar-refractivity contribution is 0.156. The van der Waals surface area contributed by atoms with Gasteiger partial charge in [-0.1, -0.05) is 88.4 Å². The SMILES string of the molecule is CC(C)CCNc1nc(NCCC(C)C)nc(-c2cnn(CCCC3NC(c4ccccc4)=C(c4ccccc4)O3)n2)n1. The highest BCUT2D eigenvalue weighted by Gasteiger charge is 2.26. The van der Waals surface area contributed by atoms with Crippen molar-refractivity contribution in [3.63, 3.8) is 0 Å². The maximum atomic E-state index is 6.42. The van der Waals surface area contributed by atoms with Gasteiger partial charge >= 0.3 is 0 Å². The lowest BCUT2D eigenvalue weighted by Crippen LogP contribution is -2.24. The van der Waals surface area contributed by atoms with Gasteiger partial charge in [0.15, 0.2) is 23.5 Å². The van der Waals surface area contributed by atoms with Crippen LogP contribution in [-0.2, 0) is 11.3 Å². The second kappa shape index (κ2) is 14.6. The van der Waals surface area contributed by atoms with Gasteiger partial charge in [-0.15, -0.1) is 5.10 Å². The van der Waals surface area contributed by atoms with Gasteiger partial charge < -0.3 is 20.7 Å². The first-order valence-electron chi connectivity index (χ1n) is 15.4. The first kappa shape index (κ1) is 30.0. The van der Waals surface area contributed by atoms with Gasteiger partial charge in [0.25, 0.3) is 0 Å². The van der Waals surface area contributed by atoms with Gasteiger partial charge in [0.05, 0.1) is 18.4 Å². The summed E-state index contributed by atoms with van der Waals surface area (Å²) in [6.45, 7) is 11.0. The largest absolute Gasteiger partial charge is 0.468 e. The van der Waals surface area contributed by atoms with Crippen LogP contribution in [0.4, 0.5) is 11.9 Å². The minimum absolute atomic E-state index is 0.136. The third-order valence-corrected chi connectivity index (χ3v) is 7.13. The van der Waals surface area contributed by atoms with E-state index < -0.39 is 0 Å². The number of benzene rings is 2. The number of nitrogens with one attached hydrogen (secondary N) is 3. The van der Waals surface area contributed by atoms with Crippen molar-refractivity contribution in [2.45, 2.75) is 66.2 Å². The highest BCUT2D eigenvalue weighted by atomic mass is 16.5. The molecule has 3 N–H and O–H groups in total. The molecule has 1 aliphatic rings. The van der Waals surface area contributed by atoms with Crippen molar-refractivity contribution in [1.29, 1.82) is 0 Å². The number of ether oxygens (including phenoxy) is 1. The lowest BCUT2D eigenvalue weighted by Gasteiger charge is -2.13. The van der Waals surface area contributed by atoms with Gasteiger partial charge in [0, 0.05) is 30.6 Å². The van der Waals surface area contributed by atoms with E-state index in [4.69, 9.17) is 9.84 Å². The molecule has 5 rings (SSSR count). The summed E-state index contributed by atoms with van der Waals surface area (Å²) in [7, 11) is 0. The van der Waals surface area contributed by atoms with Crippen molar-refractivity contribution in [3.05, 3.63) is 78.0 Å².